The van der Waals surface area contributed by atoms with Crippen LogP contribution in [0.2, 0.25) is 0 Å². The third-order valence-electron chi connectivity index (χ3n) is 4.89. The first-order valence-electron chi connectivity index (χ1n) is 9.33. The smallest absolute Gasteiger partial charge is 0.224 e. The number of nitrogens with one attached hydrogen (secondary N) is 2. The number of aromatic nitrogens is 1. The second-order valence-corrected chi connectivity index (χ2v) is 7.07. The monoisotopic (exact) mass is 346 g/mol. The normalized spacial score (nSPS) is 20.0. The lowest BCUT2D eigenvalue weighted by Gasteiger charge is -2.25. The Kier molecular flexibility index (Phi) is 7.70. The van der Waals surface area contributed by atoms with E-state index in [9.17, 15) is 9.59 Å². The highest BCUT2D eigenvalue weighted by Crippen LogP contribution is 2.28. The highest BCUT2D eigenvalue weighted by atomic mass is 16.2. The molecular formula is C19H30N4O2. The van der Waals surface area contributed by atoms with Gasteiger partial charge >= 0.3 is 0 Å². The van der Waals surface area contributed by atoms with Crippen LogP contribution < -0.4 is 16.4 Å². The lowest BCUT2D eigenvalue weighted by Crippen LogP contribution is -2.33. The highest BCUT2D eigenvalue weighted by molar-refractivity contribution is 5.93. The van der Waals surface area contributed by atoms with Crippen LogP contribution >= 0.6 is 0 Å². The average molecular weight is 346 g/mol. The van der Waals surface area contributed by atoms with Crippen LogP contribution in [0, 0.1) is 11.8 Å². The van der Waals surface area contributed by atoms with Crippen molar-refractivity contribution in [3.8, 4) is 0 Å². The molecule has 0 saturated heterocycles. The Bertz CT molecular complexity index is 568. The number of nitrogen functional groups attached to an aromatic ring is 1. The van der Waals surface area contributed by atoms with E-state index < -0.39 is 0 Å². The third kappa shape index (κ3) is 6.72. The Labute approximate surface area is 150 Å². The molecule has 6 heteroatoms. The van der Waals surface area contributed by atoms with Crippen LogP contribution in [-0.2, 0) is 9.59 Å². The van der Waals surface area contributed by atoms with E-state index in [1.54, 1.807) is 12.3 Å². The molecule has 0 radical (unpaired) electrons. The molecule has 2 amide bonds. The van der Waals surface area contributed by atoms with Crippen molar-refractivity contribution in [1.82, 2.24) is 10.3 Å². The lowest BCUT2D eigenvalue weighted by atomic mass is 9.82. The van der Waals surface area contributed by atoms with E-state index in [1.807, 2.05) is 0 Å². The van der Waals surface area contributed by atoms with Gasteiger partial charge in [0.25, 0.3) is 0 Å². The number of carbonyl (C=O) groups is 2. The molecule has 25 heavy (non-hydrogen) atoms. The summed E-state index contributed by atoms with van der Waals surface area (Å²) in [7, 11) is 0. The first-order chi connectivity index (χ1) is 12.1. The zero-order valence-electron chi connectivity index (χ0n) is 15.1. The molecule has 0 bridgehead atoms. The Morgan fingerprint density at radius 3 is 2.68 bits per heavy atom. The molecule has 6 nitrogen and oxygen atoms in total. The Balaban J connectivity index is 1.52. The maximum atomic E-state index is 12.1. The Hall–Kier alpha value is -2.11. The molecule has 1 aliphatic rings. The number of nitrogens with zero attached hydrogens (tertiary/aromatic N) is 1. The molecule has 4 N–H and O–H groups in total. The van der Waals surface area contributed by atoms with Crippen molar-refractivity contribution >= 4 is 23.2 Å². The summed E-state index contributed by atoms with van der Waals surface area (Å²) in [4.78, 5) is 27.9. The van der Waals surface area contributed by atoms with Crippen molar-refractivity contribution in [2.45, 2.75) is 58.3 Å². The van der Waals surface area contributed by atoms with Crippen molar-refractivity contribution in [2.24, 2.45) is 11.8 Å². The number of nitrogens with two attached hydrogens (primary N) is 1. The fraction of sp³-hybridized carbons (Fsp3) is 0.632. The van der Waals surface area contributed by atoms with Gasteiger partial charge in [-0.25, -0.2) is 0 Å². The van der Waals surface area contributed by atoms with Gasteiger partial charge in [0, 0.05) is 25.1 Å². The second kappa shape index (κ2) is 10.0. The standard InChI is InChI=1S/C19H30N4O2/c1-14-6-8-15(9-7-14)19(25)22-11-4-2-3-5-18(24)23-17-10-12-21-13-16(17)20/h10,12-15H,2-9,11,20H2,1H3,(H,22,25)(H,21,23,24). The van der Waals surface area contributed by atoms with Gasteiger partial charge in [-0.1, -0.05) is 13.3 Å². The molecule has 138 valence electrons. The predicted molar refractivity (Wildman–Crippen MR) is 99.9 cm³/mol. The molecule has 0 atom stereocenters. The first kappa shape index (κ1) is 19.2. The predicted octanol–water partition coefficient (Wildman–Crippen LogP) is 3.11. The van der Waals surface area contributed by atoms with E-state index in [-0.39, 0.29) is 17.7 Å². The van der Waals surface area contributed by atoms with E-state index in [1.165, 1.54) is 6.20 Å². The molecule has 1 aromatic rings. The molecule has 0 unspecified atom stereocenters. The van der Waals surface area contributed by atoms with Crippen molar-refractivity contribution in [3.05, 3.63) is 18.5 Å². The number of pyridine rings is 1. The molecule has 1 aromatic heterocycles. The summed E-state index contributed by atoms with van der Waals surface area (Å²) in [6, 6.07) is 1.69. The number of unbranched alkanes of at least 4 members (excludes halogenated alkanes) is 2. The van der Waals surface area contributed by atoms with Gasteiger partial charge < -0.3 is 16.4 Å². The fourth-order valence-electron chi connectivity index (χ4n) is 3.20. The van der Waals surface area contributed by atoms with Crippen LogP contribution in [0.1, 0.15) is 58.3 Å². The maximum absolute atomic E-state index is 12.1. The number of rotatable bonds is 8. The molecule has 1 saturated carbocycles. The van der Waals surface area contributed by atoms with Crippen LogP contribution in [0.15, 0.2) is 18.5 Å². The number of hydrogen-bond donors (Lipinski definition) is 3. The van der Waals surface area contributed by atoms with Crippen LogP contribution in [0.3, 0.4) is 0 Å². The molecule has 0 spiro atoms. The van der Waals surface area contributed by atoms with Gasteiger partial charge in [-0.3, -0.25) is 14.6 Å². The van der Waals surface area contributed by atoms with Gasteiger partial charge in [-0.2, -0.15) is 0 Å². The summed E-state index contributed by atoms with van der Waals surface area (Å²) in [6.07, 6.45) is 10.6. The summed E-state index contributed by atoms with van der Waals surface area (Å²) in [6.45, 7) is 2.96. The minimum atomic E-state index is -0.0433. The molecular weight excluding hydrogens is 316 g/mol. The molecule has 2 rings (SSSR count). The van der Waals surface area contributed by atoms with Crippen LogP contribution in [0.4, 0.5) is 11.4 Å². The van der Waals surface area contributed by atoms with Crippen molar-refractivity contribution in [3.63, 3.8) is 0 Å². The van der Waals surface area contributed by atoms with Crippen molar-refractivity contribution in [2.75, 3.05) is 17.6 Å². The summed E-state index contributed by atoms with van der Waals surface area (Å²) < 4.78 is 0. The first-order valence-corrected chi connectivity index (χ1v) is 9.33. The van der Waals surface area contributed by atoms with Crippen LogP contribution in [-0.4, -0.2) is 23.3 Å². The number of amides is 2. The van der Waals surface area contributed by atoms with Gasteiger partial charge in [-0.05, 0) is 50.5 Å². The fourth-order valence-corrected chi connectivity index (χ4v) is 3.20. The lowest BCUT2D eigenvalue weighted by molar-refractivity contribution is -0.126. The zero-order chi connectivity index (χ0) is 18.1. The van der Waals surface area contributed by atoms with Crippen LogP contribution in [0.5, 0.6) is 0 Å². The SMILES string of the molecule is CC1CCC(C(=O)NCCCCCC(=O)Nc2ccncc2N)CC1. The Morgan fingerprint density at radius 2 is 1.96 bits per heavy atom. The van der Waals surface area contributed by atoms with Gasteiger partial charge in [0.05, 0.1) is 17.6 Å². The van der Waals surface area contributed by atoms with Gasteiger partial charge in [0.2, 0.25) is 11.8 Å². The van der Waals surface area contributed by atoms with Gasteiger partial charge in [-0.15, -0.1) is 0 Å². The van der Waals surface area contributed by atoms with Crippen molar-refractivity contribution in [1.29, 1.82) is 0 Å². The molecule has 1 aliphatic carbocycles. The average Bonchev–Trinajstić information content (AvgIpc) is 2.60. The number of hydrogen-bond acceptors (Lipinski definition) is 4. The van der Waals surface area contributed by atoms with Gasteiger partial charge in [0.15, 0.2) is 0 Å². The highest BCUT2D eigenvalue weighted by Gasteiger charge is 2.23. The van der Waals surface area contributed by atoms with E-state index in [4.69, 9.17) is 5.73 Å². The second-order valence-electron chi connectivity index (χ2n) is 7.07. The van der Waals surface area contributed by atoms with Crippen LogP contribution in [0.25, 0.3) is 0 Å². The molecule has 1 heterocycles. The maximum Gasteiger partial charge on any atom is 0.224 e. The van der Waals surface area contributed by atoms with Gasteiger partial charge in [0.1, 0.15) is 0 Å². The summed E-state index contributed by atoms with van der Waals surface area (Å²) in [5, 5.41) is 5.83. The van der Waals surface area contributed by atoms with E-state index in [2.05, 4.69) is 22.5 Å². The Morgan fingerprint density at radius 1 is 1.20 bits per heavy atom. The quantitative estimate of drug-likeness (QED) is 0.630. The molecule has 0 aliphatic heterocycles. The molecule has 0 aromatic carbocycles. The summed E-state index contributed by atoms with van der Waals surface area (Å²) in [5.41, 5.74) is 6.82. The largest absolute Gasteiger partial charge is 0.396 e. The summed E-state index contributed by atoms with van der Waals surface area (Å²) >= 11 is 0. The van der Waals surface area contributed by atoms with Crippen molar-refractivity contribution < 1.29 is 9.59 Å². The topological polar surface area (TPSA) is 97.1 Å². The minimum Gasteiger partial charge on any atom is -0.396 e. The molecule has 1 fully saturated rings. The van der Waals surface area contributed by atoms with E-state index in [0.29, 0.717) is 24.3 Å². The third-order valence-corrected chi connectivity index (χ3v) is 4.89. The zero-order valence-corrected chi connectivity index (χ0v) is 15.1. The van der Waals surface area contributed by atoms with E-state index >= 15 is 0 Å². The number of carbonyl (C=O) groups excluding carboxylic acids is 2. The minimum absolute atomic E-state index is 0.0433. The van der Waals surface area contributed by atoms with E-state index in [0.717, 1.165) is 50.9 Å². The number of anilines is 2. The summed E-state index contributed by atoms with van der Waals surface area (Å²) in [5.74, 6) is 1.13.